The van der Waals surface area contributed by atoms with Gasteiger partial charge in [0.25, 0.3) is 5.91 Å². The number of aliphatic imine (C=N–C) groups is 1. The topological polar surface area (TPSA) is 173 Å². The maximum atomic E-state index is 14.2. The third-order valence-electron chi connectivity index (χ3n) is 9.80. The molecule has 2 N–H and O–H groups in total. The fourth-order valence-corrected chi connectivity index (χ4v) is 7.70. The number of unbranched alkanes of at least 4 members (excludes halogenated alkanes) is 3. The van der Waals surface area contributed by atoms with E-state index in [0.717, 1.165) is 55.2 Å². The highest BCUT2D eigenvalue weighted by Gasteiger charge is 2.43. The number of carbonyl (C=O) groups excluding carboxylic acids is 3. The van der Waals surface area contributed by atoms with E-state index in [4.69, 9.17) is 14.6 Å². The van der Waals surface area contributed by atoms with Gasteiger partial charge in [-0.15, -0.1) is 11.3 Å². The third-order valence-corrected chi connectivity index (χ3v) is 10.7. The minimum atomic E-state index is -0.884. The van der Waals surface area contributed by atoms with Crippen LogP contribution in [0.3, 0.4) is 0 Å². The Morgan fingerprint density at radius 2 is 1.96 bits per heavy atom. The first-order valence-electron chi connectivity index (χ1n) is 17.8. The number of hydrogen-bond acceptors (Lipinski definition) is 10. The molecule has 51 heavy (non-hydrogen) atoms. The molecule has 5 atom stereocenters. The van der Waals surface area contributed by atoms with Crippen LogP contribution in [0.1, 0.15) is 70.6 Å². The molecule has 13 nitrogen and oxygen atoms in total. The third kappa shape index (κ3) is 9.34. The number of carboxylic acids is 1. The van der Waals surface area contributed by atoms with Crippen molar-refractivity contribution >= 4 is 52.1 Å². The number of carboxylic acid groups (broad SMARTS) is 1. The van der Waals surface area contributed by atoms with Crippen molar-refractivity contribution < 1.29 is 33.8 Å². The zero-order valence-corrected chi connectivity index (χ0v) is 29.3. The SMILES string of the molecule is C=NC(=O)[C@@H]1C[C@@H](COc2nc(-c3ccccn3)nc3ccsc23)CN1C(=O)[C@H](CCCCC/C=C\[C@@H]1C[C@@H]1C(=O)O)NC(=O)OC1CCCC1. The summed E-state index contributed by atoms with van der Waals surface area (Å²) in [6, 6.07) is 5.69. The molecule has 0 radical (unpaired) electrons. The number of nitrogens with one attached hydrogen (secondary N) is 1. The predicted octanol–water partition coefficient (Wildman–Crippen LogP) is 5.84. The molecule has 3 aliphatic rings. The van der Waals surface area contributed by atoms with Crippen molar-refractivity contribution in [1.29, 1.82) is 0 Å². The fraction of sp³-hybridized carbons (Fsp3) is 0.514. The van der Waals surface area contributed by atoms with Crippen LogP contribution in [0.25, 0.3) is 21.7 Å². The van der Waals surface area contributed by atoms with Crippen molar-refractivity contribution in [2.75, 3.05) is 13.2 Å². The van der Waals surface area contributed by atoms with Crippen molar-refractivity contribution in [3.8, 4) is 17.4 Å². The molecule has 270 valence electrons. The molecule has 0 unspecified atom stereocenters. The van der Waals surface area contributed by atoms with Crippen LogP contribution in [0.2, 0.25) is 0 Å². The largest absolute Gasteiger partial charge is 0.481 e. The lowest BCUT2D eigenvalue weighted by molar-refractivity contribution is -0.139. The fourth-order valence-electron chi connectivity index (χ4n) is 6.93. The van der Waals surface area contributed by atoms with Crippen LogP contribution >= 0.6 is 11.3 Å². The molecule has 2 saturated carbocycles. The average molecular weight is 717 g/mol. The summed E-state index contributed by atoms with van der Waals surface area (Å²) in [5.41, 5.74) is 1.35. The Kier molecular flexibility index (Phi) is 12.0. The van der Waals surface area contributed by atoms with E-state index in [1.807, 2.05) is 41.8 Å². The van der Waals surface area contributed by atoms with Crippen LogP contribution in [-0.2, 0) is 19.1 Å². The number of alkyl carbamates (subject to hydrolysis) is 1. The zero-order chi connectivity index (χ0) is 35.7. The lowest BCUT2D eigenvalue weighted by Gasteiger charge is -2.28. The Labute approximate surface area is 300 Å². The highest BCUT2D eigenvalue weighted by Crippen LogP contribution is 2.40. The van der Waals surface area contributed by atoms with Crippen molar-refractivity contribution in [3.05, 3.63) is 48.0 Å². The second kappa shape index (κ2) is 17.0. The summed E-state index contributed by atoms with van der Waals surface area (Å²) < 4.78 is 12.7. The Bertz CT molecular complexity index is 1740. The van der Waals surface area contributed by atoms with Crippen molar-refractivity contribution in [2.45, 2.75) is 88.8 Å². The number of nitrogens with zero attached hydrogens (tertiary/aromatic N) is 5. The van der Waals surface area contributed by atoms with E-state index in [1.54, 1.807) is 6.20 Å². The van der Waals surface area contributed by atoms with E-state index in [1.165, 1.54) is 16.2 Å². The van der Waals surface area contributed by atoms with Crippen LogP contribution < -0.4 is 10.1 Å². The summed E-state index contributed by atoms with van der Waals surface area (Å²) in [6.45, 7) is 3.86. The van der Waals surface area contributed by atoms with Gasteiger partial charge in [0.05, 0.1) is 18.0 Å². The first-order chi connectivity index (χ1) is 24.8. The van der Waals surface area contributed by atoms with Crippen molar-refractivity contribution in [1.82, 2.24) is 25.2 Å². The van der Waals surface area contributed by atoms with Crippen molar-refractivity contribution in [2.24, 2.45) is 22.7 Å². The van der Waals surface area contributed by atoms with Gasteiger partial charge in [-0.05, 0) is 94.0 Å². The molecule has 1 aliphatic heterocycles. The molecule has 3 amide bonds. The van der Waals surface area contributed by atoms with Gasteiger partial charge in [0, 0.05) is 18.7 Å². The minimum absolute atomic E-state index is 0.122. The maximum absolute atomic E-state index is 14.2. The number of aliphatic carboxylic acids is 1. The van der Waals surface area contributed by atoms with E-state index in [9.17, 15) is 19.2 Å². The molecule has 0 spiro atoms. The van der Waals surface area contributed by atoms with Crippen LogP contribution in [0.15, 0.2) is 53.0 Å². The Hall–Kier alpha value is -4.72. The second-order valence-electron chi connectivity index (χ2n) is 13.5. The first kappa shape index (κ1) is 36.1. The monoisotopic (exact) mass is 716 g/mol. The van der Waals surface area contributed by atoms with Gasteiger partial charge in [0.2, 0.25) is 11.8 Å². The number of carbonyl (C=O) groups is 4. The molecule has 0 bridgehead atoms. The van der Waals surface area contributed by atoms with Crippen molar-refractivity contribution in [3.63, 3.8) is 0 Å². The van der Waals surface area contributed by atoms with Gasteiger partial charge in [0.1, 0.15) is 28.6 Å². The summed E-state index contributed by atoms with van der Waals surface area (Å²) in [7, 11) is 0. The number of aromatic nitrogens is 3. The van der Waals surface area contributed by atoms with Crippen LogP contribution in [-0.4, -0.2) is 86.9 Å². The van der Waals surface area contributed by atoms with Crippen LogP contribution in [0.5, 0.6) is 5.88 Å². The molecule has 14 heteroatoms. The summed E-state index contributed by atoms with van der Waals surface area (Å²) in [4.78, 5) is 70.0. The van der Waals surface area contributed by atoms with Gasteiger partial charge in [-0.1, -0.05) is 31.1 Å². The lowest BCUT2D eigenvalue weighted by atomic mass is 10.0. The summed E-state index contributed by atoms with van der Waals surface area (Å²) in [5.74, 6) is -1.12. The predicted molar refractivity (Wildman–Crippen MR) is 191 cm³/mol. The standard InChI is InChI=1S/C37H44N6O7S/c1-38-33(44)30-19-23(22-49-34-31-27(16-18-51-31)40-32(42-34)28-14-9-10-17-39-28)21-43(30)35(45)29(41-37(48)50-25-12-7-8-13-25)15-6-4-2-3-5-11-24-20-26(24)36(46)47/h5,9-11,14,16-18,23-26,29-30H,1-4,6-8,12-13,15,19-22H2,(H,41,48)(H,46,47)/b11-5-/t23-,24-,26+,29+,30+/m1/s1. The normalized spacial score (nSPS) is 22.2. The van der Waals surface area contributed by atoms with E-state index in [-0.39, 0.29) is 42.9 Å². The number of thiophene rings is 1. The van der Waals surface area contributed by atoms with E-state index in [2.05, 4.69) is 32.0 Å². The number of pyridine rings is 1. The molecule has 4 heterocycles. The first-order valence-corrected chi connectivity index (χ1v) is 18.7. The van der Waals surface area contributed by atoms with Gasteiger partial charge in [-0.25, -0.2) is 14.8 Å². The molecular formula is C37H44N6O7S. The van der Waals surface area contributed by atoms with Gasteiger partial charge >= 0.3 is 12.1 Å². The summed E-state index contributed by atoms with van der Waals surface area (Å²) >= 11 is 1.46. The zero-order valence-electron chi connectivity index (χ0n) is 28.5. The summed E-state index contributed by atoms with van der Waals surface area (Å²) in [5, 5.41) is 13.8. The molecule has 0 aromatic carbocycles. The van der Waals surface area contributed by atoms with Gasteiger partial charge < -0.3 is 24.8 Å². The van der Waals surface area contributed by atoms with Gasteiger partial charge in [-0.3, -0.25) is 19.4 Å². The number of rotatable bonds is 16. The summed E-state index contributed by atoms with van der Waals surface area (Å²) in [6.07, 6.45) is 13.0. The number of likely N-dealkylation sites (tertiary alicyclic amines) is 1. The number of ether oxygens (including phenoxy) is 2. The van der Waals surface area contributed by atoms with Gasteiger partial charge in [-0.2, -0.15) is 4.98 Å². The molecule has 1 saturated heterocycles. The van der Waals surface area contributed by atoms with E-state index < -0.39 is 30.1 Å². The second-order valence-corrected chi connectivity index (χ2v) is 14.5. The number of fused-ring (bicyclic) bond motifs is 1. The minimum Gasteiger partial charge on any atom is -0.481 e. The molecule has 3 fully saturated rings. The number of hydrogen-bond donors (Lipinski definition) is 2. The number of allylic oxidation sites excluding steroid dienone is 2. The number of amides is 3. The molecule has 3 aromatic heterocycles. The van der Waals surface area contributed by atoms with E-state index >= 15 is 0 Å². The Balaban J connectivity index is 1.10. The maximum Gasteiger partial charge on any atom is 0.408 e. The van der Waals surface area contributed by atoms with E-state index in [0.29, 0.717) is 43.1 Å². The lowest BCUT2D eigenvalue weighted by Crippen LogP contribution is -2.52. The quantitative estimate of drug-likeness (QED) is 0.104. The molecule has 2 aliphatic carbocycles. The molecular weight excluding hydrogens is 673 g/mol. The van der Waals surface area contributed by atoms with Crippen LogP contribution in [0, 0.1) is 17.8 Å². The molecule has 3 aromatic rings. The Morgan fingerprint density at radius 1 is 1.12 bits per heavy atom. The Morgan fingerprint density at radius 3 is 2.71 bits per heavy atom. The highest BCUT2D eigenvalue weighted by atomic mass is 32.1. The van der Waals surface area contributed by atoms with Gasteiger partial charge in [0.15, 0.2) is 5.82 Å². The smallest absolute Gasteiger partial charge is 0.408 e. The molecule has 6 rings (SSSR count). The van der Waals surface area contributed by atoms with Crippen LogP contribution in [0.4, 0.5) is 4.79 Å². The average Bonchev–Trinajstić information content (AvgIpc) is 3.47. The highest BCUT2D eigenvalue weighted by molar-refractivity contribution is 7.17.